The molecule has 1 rings (SSSR count). The Morgan fingerprint density at radius 1 is 0.957 bits per heavy atom. The number of carbonyl (C=O) groups is 4. The lowest BCUT2D eigenvalue weighted by Gasteiger charge is -2.30. The SMILES string of the molecule is CC#CCOc1ccc(C[C@H](NC(=O)[C@@H](C=CCCCCCCC(=O)CCCCCCC)[C@@](O)(CCOC)C(=O)O)C(=O)O)cc1. The summed E-state index contributed by atoms with van der Waals surface area (Å²) in [6, 6.07) is 5.30. The number of rotatable bonds is 26. The fourth-order valence-electron chi connectivity index (χ4n) is 4.95. The smallest absolute Gasteiger partial charge is 0.336 e. The first kappa shape index (κ1) is 40.3. The molecule has 0 radical (unpaired) electrons. The van der Waals surface area contributed by atoms with Crippen LogP contribution in [0.4, 0.5) is 0 Å². The molecule has 0 unspecified atom stereocenters. The van der Waals surface area contributed by atoms with Gasteiger partial charge in [0.15, 0.2) is 5.60 Å². The topological polar surface area (TPSA) is 159 Å². The predicted molar refractivity (Wildman–Crippen MR) is 176 cm³/mol. The van der Waals surface area contributed by atoms with Crippen LogP contribution >= 0.6 is 0 Å². The highest BCUT2D eigenvalue weighted by atomic mass is 16.5. The van der Waals surface area contributed by atoms with Gasteiger partial charge in [0.1, 0.15) is 24.2 Å². The minimum Gasteiger partial charge on any atom is -0.481 e. The van der Waals surface area contributed by atoms with Crippen molar-refractivity contribution in [2.24, 2.45) is 5.92 Å². The van der Waals surface area contributed by atoms with Crippen molar-refractivity contribution in [1.82, 2.24) is 5.32 Å². The lowest BCUT2D eigenvalue weighted by atomic mass is 9.83. The molecule has 3 atom stereocenters. The molecule has 0 aromatic heterocycles. The largest absolute Gasteiger partial charge is 0.481 e. The van der Waals surface area contributed by atoms with Crippen LogP contribution in [0.1, 0.15) is 103 Å². The summed E-state index contributed by atoms with van der Waals surface area (Å²) in [5.74, 6) is 0.965. The summed E-state index contributed by atoms with van der Waals surface area (Å²) in [6.07, 6.45) is 13.2. The van der Waals surface area contributed by atoms with Crippen LogP contribution in [0.3, 0.4) is 0 Å². The molecule has 0 aliphatic rings. The third-order valence-corrected chi connectivity index (χ3v) is 7.78. The number of carboxylic acids is 2. The minimum absolute atomic E-state index is 0.0719. The van der Waals surface area contributed by atoms with E-state index in [1.165, 1.54) is 32.4 Å². The van der Waals surface area contributed by atoms with Crippen molar-refractivity contribution >= 4 is 23.6 Å². The molecule has 10 nitrogen and oxygen atoms in total. The number of allylic oxidation sites excluding steroid dienone is 1. The normalized spacial score (nSPS) is 13.7. The number of hydrogen-bond donors (Lipinski definition) is 4. The van der Waals surface area contributed by atoms with Crippen molar-refractivity contribution in [2.45, 2.75) is 115 Å². The van der Waals surface area contributed by atoms with Gasteiger partial charge in [0.2, 0.25) is 5.91 Å². The monoisotopic (exact) mass is 643 g/mol. The number of unbranched alkanes of at least 4 members (excludes halogenated alkanes) is 8. The van der Waals surface area contributed by atoms with E-state index in [9.17, 15) is 34.5 Å². The molecule has 0 bridgehead atoms. The van der Waals surface area contributed by atoms with E-state index < -0.39 is 35.4 Å². The van der Waals surface area contributed by atoms with E-state index in [-0.39, 0.29) is 26.1 Å². The first-order valence-electron chi connectivity index (χ1n) is 16.4. The first-order valence-corrected chi connectivity index (χ1v) is 16.4. The van der Waals surface area contributed by atoms with Crippen LogP contribution in [0.25, 0.3) is 0 Å². The molecule has 0 aliphatic carbocycles. The van der Waals surface area contributed by atoms with Gasteiger partial charge in [-0.3, -0.25) is 9.59 Å². The highest BCUT2D eigenvalue weighted by Crippen LogP contribution is 2.26. The Labute approximate surface area is 273 Å². The van der Waals surface area contributed by atoms with Crippen LogP contribution in [0.2, 0.25) is 0 Å². The van der Waals surface area contributed by atoms with E-state index in [4.69, 9.17) is 9.47 Å². The van der Waals surface area contributed by atoms with E-state index >= 15 is 0 Å². The van der Waals surface area contributed by atoms with Gasteiger partial charge >= 0.3 is 11.9 Å². The maximum absolute atomic E-state index is 13.4. The lowest BCUT2D eigenvalue weighted by molar-refractivity contribution is -0.168. The Morgan fingerprint density at radius 2 is 1.59 bits per heavy atom. The minimum atomic E-state index is -2.52. The van der Waals surface area contributed by atoms with Gasteiger partial charge in [0, 0.05) is 39.4 Å². The second-order valence-corrected chi connectivity index (χ2v) is 11.5. The van der Waals surface area contributed by atoms with Gasteiger partial charge in [-0.1, -0.05) is 75.7 Å². The zero-order valence-corrected chi connectivity index (χ0v) is 27.7. The number of carboxylic acid groups (broad SMARTS) is 2. The fraction of sp³-hybridized carbons (Fsp3) is 0.611. The average Bonchev–Trinajstić information content (AvgIpc) is 3.03. The van der Waals surface area contributed by atoms with E-state index in [0.29, 0.717) is 36.4 Å². The first-order chi connectivity index (χ1) is 22.1. The van der Waals surface area contributed by atoms with Gasteiger partial charge in [-0.15, -0.1) is 5.92 Å². The summed E-state index contributed by atoms with van der Waals surface area (Å²) in [7, 11) is 1.35. The standard InChI is InChI=1S/C36H53NO9/c1-4-6-8-11-14-17-29(38)18-15-12-9-10-13-16-19-31(36(44,35(42)43)24-26-45-3)33(39)37-32(34(40)41)27-28-20-22-30(23-21-28)46-25-7-5-2/h16,19-23,31-32,44H,4,6,8-15,17-18,24-27H2,1-3H3,(H,37,39)(H,40,41)(H,42,43)/t31-,32+,36+/m1/s1. The van der Waals surface area contributed by atoms with Gasteiger partial charge in [-0.05, 0) is 50.3 Å². The van der Waals surface area contributed by atoms with E-state index in [2.05, 4.69) is 24.1 Å². The highest BCUT2D eigenvalue weighted by Gasteiger charge is 2.47. The summed E-state index contributed by atoms with van der Waals surface area (Å²) < 4.78 is 10.4. The van der Waals surface area contributed by atoms with Gasteiger partial charge < -0.3 is 30.1 Å². The van der Waals surface area contributed by atoms with Crippen molar-refractivity contribution in [3.63, 3.8) is 0 Å². The average molecular weight is 644 g/mol. The molecule has 4 N–H and O–H groups in total. The maximum Gasteiger partial charge on any atom is 0.336 e. The molecular weight excluding hydrogens is 590 g/mol. The van der Waals surface area contributed by atoms with Crippen LogP contribution in [-0.4, -0.2) is 70.9 Å². The number of hydrogen-bond acceptors (Lipinski definition) is 7. The Kier molecular flexibility index (Phi) is 20.7. The number of nitrogens with one attached hydrogen (secondary N) is 1. The number of amides is 1. The molecule has 46 heavy (non-hydrogen) atoms. The Morgan fingerprint density at radius 3 is 2.15 bits per heavy atom. The Bertz CT molecular complexity index is 1150. The Balaban J connectivity index is 2.81. The zero-order chi connectivity index (χ0) is 34.2. The molecule has 0 saturated heterocycles. The van der Waals surface area contributed by atoms with E-state index in [0.717, 1.165) is 38.5 Å². The second kappa shape index (κ2) is 23.6. The molecule has 0 aliphatic heterocycles. The van der Waals surface area contributed by atoms with Crippen LogP contribution in [0.5, 0.6) is 5.75 Å². The summed E-state index contributed by atoms with van der Waals surface area (Å²) in [5.41, 5.74) is -1.91. The van der Waals surface area contributed by atoms with E-state index in [1.807, 2.05) is 0 Å². The fourth-order valence-corrected chi connectivity index (χ4v) is 4.95. The molecule has 1 aromatic rings. The summed E-state index contributed by atoms with van der Waals surface area (Å²) in [5, 5.41) is 33.3. The van der Waals surface area contributed by atoms with Gasteiger partial charge in [-0.25, -0.2) is 9.59 Å². The molecular formula is C36H53NO9. The molecule has 1 amide bonds. The molecule has 1 aromatic carbocycles. The summed E-state index contributed by atoms with van der Waals surface area (Å²) >= 11 is 0. The van der Waals surface area contributed by atoms with Crippen LogP contribution in [0.15, 0.2) is 36.4 Å². The number of ketones is 1. The number of Topliss-reactive ketones (excluding diaryl/α,β-unsaturated/α-hetero) is 1. The van der Waals surface area contributed by atoms with Gasteiger partial charge in [-0.2, -0.15) is 0 Å². The van der Waals surface area contributed by atoms with E-state index in [1.54, 1.807) is 37.3 Å². The maximum atomic E-state index is 13.4. The molecule has 0 saturated carbocycles. The van der Waals surface area contributed by atoms with Crippen molar-refractivity contribution < 1.29 is 44.0 Å². The zero-order valence-electron chi connectivity index (χ0n) is 27.7. The molecule has 0 fully saturated rings. The third kappa shape index (κ3) is 16.1. The Hall–Kier alpha value is -3.68. The lowest BCUT2D eigenvalue weighted by Crippen LogP contribution is -2.55. The van der Waals surface area contributed by atoms with Crippen molar-refractivity contribution in [1.29, 1.82) is 0 Å². The number of aliphatic carboxylic acids is 2. The summed E-state index contributed by atoms with van der Waals surface area (Å²) in [6.45, 7) is 3.96. The highest BCUT2D eigenvalue weighted by molar-refractivity contribution is 5.92. The number of aliphatic hydroxyl groups is 1. The van der Waals surface area contributed by atoms with Gasteiger partial charge in [0.05, 0.1) is 5.92 Å². The number of ether oxygens (including phenoxy) is 2. The molecule has 10 heteroatoms. The van der Waals surface area contributed by atoms with Crippen LogP contribution in [0, 0.1) is 17.8 Å². The molecule has 0 spiro atoms. The second-order valence-electron chi connectivity index (χ2n) is 11.5. The molecule has 0 heterocycles. The van der Waals surface area contributed by atoms with Crippen molar-refractivity contribution in [2.75, 3.05) is 20.3 Å². The number of methoxy groups -OCH3 is 1. The van der Waals surface area contributed by atoms with Crippen molar-refractivity contribution in [3.8, 4) is 17.6 Å². The van der Waals surface area contributed by atoms with Gasteiger partial charge in [0.25, 0.3) is 0 Å². The molecule has 256 valence electrons. The van der Waals surface area contributed by atoms with Crippen LogP contribution < -0.4 is 10.1 Å². The number of benzene rings is 1. The predicted octanol–water partition coefficient (Wildman–Crippen LogP) is 5.50. The van der Waals surface area contributed by atoms with Crippen LogP contribution in [-0.2, 0) is 30.3 Å². The third-order valence-electron chi connectivity index (χ3n) is 7.78. The number of carbonyl (C=O) groups excluding carboxylic acids is 2. The summed E-state index contributed by atoms with van der Waals surface area (Å²) in [4.78, 5) is 49.8. The quantitative estimate of drug-likeness (QED) is 0.0581. The van der Waals surface area contributed by atoms with Crippen molar-refractivity contribution in [3.05, 3.63) is 42.0 Å².